The number of hydrogen-bond donors (Lipinski definition) is 1. The van der Waals surface area contributed by atoms with Gasteiger partial charge in [0.2, 0.25) is 10.0 Å². The highest BCUT2D eigenvalue weighted by Crippen LogP contribution is 2.30. The molecular weight excluding hydrogens is 392 g/mol. The van der Waals surface area contributed by atoms with Gasteiger partial charge in [0.05, 0.1) is 28.2 Å². The molecule has 0 unspecified atom stereocenters. The summed E-state index contributed by atoms with van der Waals surface area (Å²) in [4.78, 5) is 24.4. The number of fused-ring (bicyclic) bond motifs is 1. The Labute approximate surface area is 161 Å². The molecule has 0 spiro atoms. The molecule has 0 atom stereocenters. The van der Waals surface area contributed by atoms with Crippen LogP contribution in [0.15, 0.2) is 36.4 Å². The Morgan fingerprint density at radius 3 is 2.56 bits per heavy atom. The Morgan fingerprint density at radius 2 is 1.89 bits per heavy atom. The Kier molecular flexibility index (Phi) is 5.12. The van der Waals surface area contributed by atoms with Crippen LogP contribution in [0.5, 0.6) is 0 Å². The monoisotopic (exact) mass is 408 g/mol. The van der Waals surface area contributed by atoms with Gasteiger partial charge in [-0.25, -0.2) is 13.2 Å². The van der Waals surface area contributed by atoms with E-state index >= 15 is 0 Å². The van der Waals surface area contributed by atoms with Crippen molar-refractivity contribution in [3.05, 3.63) is 58.1 Å². The van der Waals surface area contributed by atoms with Crippen molar-refractivity contribution >= 4 is 44.8 Å². The van der Waals surface area contributed by atoms with E-state index in [4.69, 9.17) is 22.1 Å². The third-order valence-corrected chi connectivity index (χ3v) is 5.74. The van der Waals surface area contributed by atoms with Crippen LogP contribution in [0.2, 0.25) is 5.02 Å². The predicted molar refractivity (Wildman–Crippen MR) is 103 cm³/mol. The Bertz CT molecular complexity index is 1040. The number of rotatable bonds is 5. The molecule has 2 aromatic rings. The number of halogens is 1. The fourth-order valence-electron chi connectivity index (χ4n) is 2.86. The summed E-state index contributed by atoms with van der Waals surface area (Å²) in [6.45, 7) is -0.0886. The fourth-order valence-corrected chi connectivity index (χ4v) is 3.93. The minimum absolute atomic E-state index is 0.197. The number of carbonyl (C=O) groups is 2. The highest BCUT2D eigenvalue weighted by molar-refractivity contribution is 7.92. The number of hydrogen-bond acceptors (Lipinski definition) is 6. The van der Waals surface area contributed by atoms with E-state index in [0.717, 1.165) is 11.8 Å². The fraction of sp³-hybridized carbons (Fsp3) is 0.222. The van der Waals surface area contributed by atoms with Crippen LogP contribution in [0.3, 0.4) is 0 Å². The molecule has 0 bridgehead atoms. The van der Waals surface area contributed by atoms with Gasteiger partial charge in [-0.05, 0) is 48.4 Å². The molecule has 2 N–H and O–H groups in total. The second-order valence-electron chi connectivity index (χ2n) is 6.16. The van der Waals surface area contributed by atoms with Crippen molar-refractivity contribution in [3.8, 4) is 0 Å². The second kappa shape index (κ2) is 7.21. The average molecular weight is 409 g/mol. The first-order chi connectivity index (χ1) is 12.7. The number of benzene rings is 2. The number of ketones is 1. The van der Waals surface area contributed by atoms with Crippen LogP contribution in [0.1, 0.15) is 26.3 Å². The smallest absolute Gasteiger partial charge is 0.338 e. The SMILES string of the molecule is CS(=O)(=O)N1CCc2cc(C(=O)COC(=O)c3ccc(Cl)c(N)c3)ccc21. The van der Waals surface area contributed by atoms with Crippen molar-refractivity contribution in [3.63, 3.8) is 0 Å². The molecule has 2 aromatic carbocycles. The lowest BCUT2D eigenvalue weighted by Gasteiger charge is -2.16. The number of sulfonamides is 1. The van der Waals surface area contributed by atoms with Gasteiger partial charge in [0.25, 0.3) is 0 Å². The predicted octanol–water partition coefficient (Wildman–Crippen LogP) is 2.28. The third kappa shape index (κ3) is 4.06. The maximum Gasteiger partial charge on any atom is 0.338 e. The quantitative estimate of drug-likeness (QED) is 0.462. The van der Waals surface area contributed by atoms with Crippen LogP contribution >= 0.6 is 11.6 Å². The van der Waals surface area contributed by atoms with E-state index in [1.165, 1.54) is 28.6 Å². The van der Waals surface area contributed by atoms with Gasteiger partial charge in [0.15, 0.2) is 12.4 Å². The number of esters is 1. The van der Waals surface area contributed by atoms with E-state index in [1.807, 2.05) is 0 Å². The van der Waals surface area contributed by atoms with Crippen molar-refractivity contribution in [2.24, 2.45) is 0 Å². The van der Waals surface area contributed by atoms with Crippen molar-refractivity contribution in [2.45, 2.75) is 6.42 Å². The summed E-state index contributed by atoms with van der Waals surface area (Å²) in [6, 6.07) is 9.07. The van der Waals surface area contributed by atoms with E-state index in [1.54, 1.807) is 12.1 Å². The van der Waals surface area contributed by atoms with Crippen molar-refractivity contribution < 1.29 is 22.7 Å². The molecule has 0 radical (unpaired) electrons. The van der Waals surface area contributed by atoms with Crippen LogP contribution in [0.4, 0.5) is 11.4 Å². The Hall–Kier alpha value is -2.58. The zero-order valence-electron chi connectivity index (χ0n) is 14.4. The summed E-state index contributed by atoms with van der Waals surface area (Å²) < 4.78 is 29.9. The van der Waals surface area contributed by atoms with Crippen molar-refractivity contribution in [1.29, 1.82) is 0 Å². The van der Waals surface area contributed by atoms with Gasteiger partial charge in [-0.2, -0.15) is 0 Å². The average Bonchev–Trinajstić information content (AvgIpc) is 3.05. The first-order valence-corrected chi connectivity index (χ1v) is 10.3. The molecular formula is C18H17ClN2O5S. The number of nitrogen functional groups attached to an aromatic ring is 1. The summed E-state index contributed by atoms with van der Waals surface area (Å²) in [5, 5.41) is 0.323. The van der Waals surface area contributed by atoms with Gasteiger partial charge in [0, 0.05) is 12.1 Å². The zero-order valence-corrected chi connectivity index (χ0v) is 16.0. The highest BCUT2D eigenvalue weighted by Gasteiger charge is 2.26. The number of carbonyl (C=O) groups excluding carboxylic acids is 2. The molecule has 0 fully saturated rings. The summed E-state index contributed by atoms with van der Waals surface area (Å²) in [5.41, 5.74) is 7.78. The molecule has 1 heterocycles. The highest BCUT2D eigenvalue weighted by atomic mass is 35.5. The standard InChI is InChI=1S/C18H17ClN2O5S/c1-27(24,25)21-7-6-11-8-12(3-5-16(11)21)17(22)10-26-18(23)13-2-4-14(19)15(20)9-13/h2-5,8-9H,6-7,10,20H2,1H3. The third-order valence-electron chi connectivity index (χ3n) is 4.22. The first kappa shape index (κ1) is 19.2. The lowest BCUT2D eigenvalue weighted by molar-refractivity contribution is 0.0475. The van der Waals surface area contributed by atoms with Crippen LogP contribution in [0.25, 0.3) is 0 Å². The molecule has 142 valence electrons. The van der Waals surface area contributed by atoms with Crippen molar-refractivity contribution in [1.82, 2.24) is 0 Å². The molecule has 1 aliphatic heterocycles. The lowest BCUT2D eigenvalue weighted by Crippen LogP contribution is -2.27. The summed E-state index contributed by atoms with van der Waals surface area (Å²) >= 11 is 5.81. The second-order valence-corrected chi connectivity index (χ2v) is 8.48. The van der Waals surface area contributed by atoms with Crippen LogP contribution in [-0.2, 0) is 21.2 Å². The molecule has 0 saturated carbocycles. The molecule has 9 heteroatoms. The normalized spacial score (nSPS) is 13.3. The van der Waals surface area contributed by atoms with E-state index in [0.29, 0.717) is 29.2 Å². The van der Waals surface area contributed by atoms with Gasteiger partial charge in [-0.1, -0.05) is 11.6 Å². The minimum Gasteiger partial charge on any atom is -0.454 e. The topological polar surface area (TPSA) is 107 Å². The summed E-state index contributed by atoms with van der Waals surface area (Å²) in [7, 11) is -3.35. The van der Waals surface area contributed by atoms with Gasteiger partial charge >= 0.3 is 5.97 Å². The lowest BCUT2D eigenvalue weighted by atomic mass is 10.1. The van der Waals surface area contributed by atoms with Gasteiger partial charge < -0.3 is 10.5 Å². The molecule has 0 aromatic heterocycles. The van der Waals surface area contributed by atoms with E-state index in [2.05, 4.69) is 0 Å². The number of anilines is 2. The van der Waals surface area contributed by atoms with Crippen LogP contribution < -0.4 is 10.0 Å². The molecule has 0 saturated heterocycles. The van der Waals surface area contributed by atoms with E-state index in [-0.39, 0.29) is 17.0 Å². The maximum absolute atomic E-state index is 12.3. The summed E-state index contributed by atoms with van der Waals surface area (Å²) in [6.07, 6.45) is 1.66. The van der Waals surface area contributed by atoms with Crippen LogP contribution in [0, 0.1) is 0 Å². The van der Waals surface area contributed by atoms with Gasteiger partial charge in [-0.15, -0.1) is 0 Å². The van der Waals surface area contributed by atoms with Gasteiger partial charge in [-0.3, -0.25) is 9.10 Å². The van der Waals surface area contributed by atoms with E-state index < -0.39 is 22.6 Å². The molecule has 0 aliphatic carbocycles. The van der Waals surface area contributed by atoms with E-state index in [9.17, 15) is 18.0 Å². The molecule has 0 amide bonds. The van der Waals surface area contributed by atoms with Gasteiger partial charge in [0.1, 0.15) is 0 Å². The first-order valence-electron chi connectivity index (χ1n) is 8.03. The molecule has 7 nitrogen and oxygen atoms in total. The Morgan fingerprint density at radius 1 is 1.19 bits per heavy atom. The van der Waals surface area contributed by atoms with Crippen LogP contribution in [-0.4, -0.2) is 39.6 Å². The minimum atomic E-state index is -3.35. The number of Topliss-reactive ketones (excluding diaryl/α,β-unsaturated/α-hetero) is 1. The molecule has 3 rings (SSSR count). The number of nitrogens with two attached hydrogens (primary N) is 1. The summed E-state index contributed by atoms with van der Waals surface area (Å²) in [5.74, 6) is -1.07. The molecule has 1 aliphatic rings. The molecule has 27 heavy (non-hydrogen) atoms. The zero-order chi connectivity index (χ0) is 19.8. The number of nitrogens with zero attached hydrogens (tertiary/aromatic N) is 1. The largest absolute Gasteiger partial charge is 0.454 e. The van der Waals surface area contributed by atoms with Crippen molar-refractivity contribution in [2.75, 3.05) is 29.4 Å². The maximum atomic E-state index is 12.3. The number of ether oxygens (including phenoxy) is 1. The Balaban J connectivity index is 1.68.